The Hall–Kier alpha value is -2.49. The Labute approximate surface area is 219 Å². The van der Waals surface area contributed by atoms with Crippen LogP contribution in [0.5, 0.6) is 11.5 Å². The maximum atomic E-state index is 11.2. The molecule has 4 nitrogen and oxygen atoms in total. The van der Waals surface area contributed by atoms with Crippen LogP contribution in [-0.4, -0.2) is 22.8 Å². The minimum absolute atomic E-state index is 0.0637. The number of unbranched alkanes of at least 4 members (excludes halogenated alkanes) is 15. The van der Waals surface area contributed by atoms with Crippen molar-refractivity contribution in [3.63, 3.8) is 0 Å². The number of carboxylic acids is 1. The first-order valence-electron chi connectivity index (χ1n) is 14.4. The van der Waals surface area contributed by atoms with E-state index in [1.807, 2.05) is 24.3 Å². The summed E-state index contributed by atoms with van der Waals surface area (Å²) >= 11 is 0. The highest BCUT2D eigenvalue weighted by Gasteiger charge is 2.10. The number of hydrogen-bond donors (Lipinski definition) is 2. The summed E-state index contributed by atoms with van der Waals surface area (Å²) in [5.41, 5.74) is 1.87. The van der Waals surface area contributed by atoms with Gasteiger partial charge >= 0.3 is 5.97 Å². The Kier molecular flexibility index (Phi) is 15.5. The molecule has 2 rings (SSSR count). The number of aromatic carboxylic acids is 1. The highest BCUT2D eigenvalue weighted by atomic mass is 16.5. The van der Waals surface area contributed by atoms with Crippen LogP contribution in [0.1, 0.15) is 131 Å². The maximum Gasteiger partial charge on any atom is 0.339 e. The van der Waals surface area contributed by atoms with E-state index in [0.29, 0.717) is 6.42 Å². The van der Waals surface area contributed by atoms with Gasteiger partial charge in [0.1, 0.15) is 17.1 Å². The molecule has 0 saturated carbocycles. The van der Waals surface area contributed by atoms with E-state index in [1.165, 1.54) is 108 Å². The number of benzene rings is 2. The quantitative estimate of drug-likeness (QED) is 0.169. The third-order valence-electron chi connectivity index (χ3n) is 6.89. The van der Waals surface area contributed by atoms with E-state index in [1.54, 1.807) is 6.07 Å². The molecule has 0 radical (unpaired) electrons. The van der Waals surface area contributed by atoms with E-state index >= 15 is 0 Å². The van der Waals surface area contributed by atoms with E-state index in [9.17, 15) is 9.90 Å². The summed E-state index contributed by atoms with van der Waals surface area (Å²) in [6.45, 7) is 3.03. The summed E-state index contributed by atoms with van der Waals surface area (Å²) in [4.78, 5) is 11.2. The third kappa shape index (κ3) is 13.0. The van der Waals surface area contributed by atoms with Crippen LogP contribution in [0.3, 0.4) is 0 Å². The standard InChI is InChI=1S/C32H48O4/c1-2-3-4-5-6-7-8-9-10-11-12-13-14-15-16-17-24-36-29-21-18-27(19-22-29)25-28-20-23-31(33)30(26-28)32(34)35/h18-23,26,33H,2-17,24-25H2,1H3,(H,34,35). The van der Waals surface area contributed by atoms with Gasteiger partial charge in [-0.3, -0.25) is 0 Å². The van der Waals surface area contributed by atoms with E-state index in [0.717, 1.165) is 29.9 Å². The molecule has 2 aromatic carbocycles. The number of rotatable bonds is 21. The minimum atomic E-state index is -1.12. The molecule has 0 aliphatic rings. The summed E-state index contributed by atoms with van der Waals surface area (Å²) in [5.74, 6) is -0.451. The van der Waals surface area contributed by atoms with Gasteiger partial charge in [-0.2, -0.15) is 0 Å². The zero-order valence-corrected chi connectivity index (χ0v) is 22.5. The first-order valence-corrected chi connectivity index (χ1v) is 14.4. The van der Waals surface area contributed by atoms with Gasteiger partial charge in [0.2, 0.25) is 0 Å². The number of carboxylic acid groups (broad SMARTS) is 1. The van der Waals surface area contributed by atoms with Crippen molar-refractivity contribution in [2.75, 3.05) is 6.61 Å². The van der Waals surface area contributed by atoms with Crippen molar-refractivity contribution in [2.24, 2.45) is 0 Å². The van der Waals surface area contributed by atoms with Gasteiger partial charge in [-0.05, 0) is 48.2 Å². The topological polar surface area (TPSA) is 66.8 Å². The Morgan fingerprint density at radius 2 is 1.14 bits per heavy atom. The minimum Gasteiger partial charge on any atom is -0.507 e. The summed E-state index contributed by atoms with van der Waals surface area (Å²) in [6, 6.07) is 12.7. The molecule has 2 N–H and O–H groups in total. The van der Waals surface area contributed by atoms with Crippen LogP contribution in [0, 0.1) is 0 Å². The Balaban J connectivity index is 1.44. The maximum absolute atomic E-state index is 11.2. The van der Waals surface area contributed by atoms with E-state index in [-0.39, 0.29) is 11.3 Å². The molecule has 0 aliphatic carbocycles. The normalized spacial score (nSPS) is 11.0. The smallest absolute Gasteiger partial charge is 0.339 e. The van der Waals surface area contributed by atoms with Crippen LogP contribution in [0.25, 0.3) is 0 Å². The van der Waals surface area contributed by atoms with Crippen molar-refractivity contribution >= 4 is 5.97 Å². The Bertz CT molecular complexity index is 844. The summed E-state index contributed by atoms with van der Waals surface area (Å²) < 4.78 is 5.89. The van der Waals surface area contributed by atoms with Crippen LogP contribution < -0.4 is 4.74 Å². The number of aromatic hydroxyl groups is 1. The fourth-order valence-electron chi connectivity index (χ4n) is 4.64. The lowest BCUT2D eigenvalue weighted by molar-refractivity contribution is 0.0693. The van der Waals surface area contributed by atoms with Crippen molar-refractivity contribution in [1.29, 1.82) is 0 Å². The number of hydrogen-bond acceptors (Lipinski definition) is 3. The van der Waals surface area contributed by atoms with Crippen LogP contribution in [0.15, 0.2) is 42.5 Å². The molecule has 2 aromatic rings. The van der Waals surface area contributed by atoms with Crippen molar-refractivity contribution in [3.8, 4) is 11.5 Å². The molecule has 0 unspecified atom stereocenters. The van der Waals surface area contributed by atoms with Crippen molar-refractivity contribution in [1.82, 2.24) is 0 Å². The fraction of sp³-hybridized carbons (Fsp3) is 0.594. The van der Waals surface area contributed by atoms with Gasteiger partial charge in [-0.15, -0.1) is 0 Å². The van der Waals surface area contributed by atoms with Crippen molar-refractivity contribution in [2.45, 2.75) is 116 Å². The average Bonchev–Trinajstić information content (AvgIpc) is 2.88. The molecule has 0 bridgehead atoms. The number of phenols is 1. The molecule has 0 saturated heterocycles. The predicted molar refractivity (Wildman–Crippen MR) is 149 cm³/mol. The molecular weight excluding hydrogens is 448 g/mol. The lowest BCUT2D eigenvalue weighted by Gasteiger charge is -2.08. The van der Waals surface area contributed by atoms with Gasteiger partial charge in [0.05, 0.1) is 6.61 Å². The van der Waals surface area contributed by atoms with Gasteiger partial charge < -0.3 is 14.9 Å². The lowest BCUT2D eigenvalue weighted by Crippen LogP contribution is -1.99. The van der Waals surface area contributed by atoms with Gasteiger partial charge in [0.25, 0.3) is 0 Å². The second kappa shape index (κ2) is 18.7. The summed E-state index contributed by atoms with van der Waals surface area (Å²) in [5, 5.41) is 18.8. The van der Waals surface area contributed by atoms with Crippen molar-refractivity contribution in [3.05, 3.63) is 59.2 Å². The summed E-state index contributed by atoms with van der Waals surface area (Å²) in [7, 11) is 0. The van der Waals surface area contributed by atoms with E-state index < -0.39 is 5.97 Å². The van der Waals surface area contributed by atoms with E-state index in [4.69, 9.17) is 9.84 Å². The SMILES string of the molecule is CCCCCCCCCCCCCCCCCCOc1ccc(Cc2ccc(O)c(C(=O)O)c2)cc1. The second-order valence-corrected chi connectivity index (χ2v) is 10.1. The number of ether oxygens (including phenoxy) is 1. The predicted octanol–water partition coefficient (Wildman–Crippen LogP) is 9.32. The average molecular weight is 497 g/mol. The molecular formula is C32H48O4. The highest BCUT2D eigenvalue weighted by Crippen LogP contribution is 2.22. The molecule has 0 aromatic heterocycles. The molecule has 36 heavy (non-hydrogen) atoms. The zero-order chi connectivity index (χ0) is 25.8. The molecule has 0 atom stereocenters. The van der Waals surface area contributed by atoms with Crippen LogP contribution in [0.4, 0.5) is 0 Å². The van der Waals surface area contributed by atoms with Gasteiger partial charge in [-0.25, -0.2) is 4.79 Å². The molecule has 0 spiro atoms. The zero-order valence-electron chi connectivity index (χ0n) is 22.5. The largest absolute Gasteiger partial charge is 0.507 e. The molecule has 4 heteroatoms. The monoisotopic (exact) mass is 496 g/mol. The second-order valence-electron chi connectivity index (χ2n) is 10.1. The highest BCUT2D eigenvalue weighted by molar-refractivity contribution is 5.90. The first kappa shape index (κ1) is 29.7. The summed E-state index contributed by atoms with van der Waals surface area (Å²) in [6.07, 6.45) is 22.5. The van der Waals surface area contributed by atoms with Crippen LogP contribution in [-0.2, 0) is 6.42 Å². The van der Waals surface area contributed by atoms with Gasteiger partial charge in [0, 0.05) is 0 Å². The van der Waals surface area contributed by atoms with Gasteiger partial charge in [0.15, 0.2) is 0 Å². The molecule has 0 heterocycles. The van der Waals surface area contributed by atoms with Gasteiger partial charge in [-0.1, -0.05) is 121 Å². The molecule has 0 amide bonds. The van der Waals surface area contributed by atoms with E-state index in [2.05, 4.69) is 6.92 Å². The first-order chi connectivity index (χ1) is 17.6. The third-order valence-corrected chi connectivity index (χ3v) is 6.89. The molecule has 200 valence electrons. The molecule has 0 fully saturated rings. The Morgan fingerprint density at radius 1 is 0.667 bits per heavy atom. The van der Waals surface area contributed by atoms with Crippen molar-refractivity contribution < 1.29 is 19.7 Å². The fourth-order valence-corrected chi connectivity index (χ4v) is 4.64. The van der Waals surface area contributed by atoms with Crippen LogP contribution >= 0.6 is 0 Å². The van der Waals surface area contributed by atoms with Crippen LogP contribution in [0.2, 0.25) is 0 Å². The molecule has 0 aliphatic heterocycles. The lowest BCUT2D eigenvalue weighted by atomic mass is 10.0. The Morgan fingerprint density at radius 3 is 1.64 bits per heavy atom. The number of carbonyl (C=O) groups is 1.